The van der Waals surface area contributed by atoms with Crippen molar-refractivity contribution in [1.82, 2.24) is 10.1 Å². The minimum Gasteiger partial charge on any atom is -0.481 e. The second kappa shape index (κ2) is 5.95. The summed E-state index contributed by atoms with van der Waals surface area (Å²) in [6.45, 7) is 3.31. The van der Waals surface area contributed by atoms with Crippen molar-refractivity contribution in [3.8, 4) is 0 Å². The van der Waals surface area contributed by atoms with Crippen molar-refractivity contribution < 1.29 is 19.2 Å². The first-order valence-corrected chi connectivity index (χ1v) is 6.27. The first kappa shape index (κ1) is 13.0. The van der Waals surface area contributed by atoms with Crippen LogP contribution in [0.2, 0.25) is 0 Å². The highest BCUT2D eigenvalue weighted by molar-refractivity contribution is 5.66. The van der Waals surface area contributed by atoms with Crippen LogP contribution in [0.5, 0.6) is 0 Å². The van der Waals surface area contributed by atoms with Crippen LogP contribution in [0, 0.1) is 5.92 Å². The maximum absolute atomic E-state index is 10.6. The van der Waals surface area contributed by atoms with Crippen LogP contribution in [0.4, 0.5) is 0 Å². The van der Waals surface area contributed by atoms with Gasteiger partial charge in [-0.3, -0.25) is 4.79 Å². The van der Waals surface area contributed by atoms with E-state index >= 15 is 0 Å². The molecule has 6 nitrogen and oxygen atoms in total. The molecule has 1 N–H and O–H groups in total. The van der Waals surface area contributed by atoms with Gasteiger partial charge in [0.25, 0.3) is 0 Å². The molecule has 18 heavy (non-hydrogen) atoms. The van der Waals surface area contributed by atoms with Crippen molar-refractivity contribution >= 4 is 5.97 Å². The molecular weight excluding hydrogens is 236 g/mol. The van der Waals surface area contributed by atoms with Crippen LogP contribution in [0.1, 0.15) is 43.8 Å². The molecule has 0 aliphatic carbocycles. The summed E-state index contributed by atoms with van der Waals surface area (Å²) in [5.41, 5.74) is 0. The van der Waals surface area contributed by atoms with E-state index in [9.17, 15) is 4.79 Å². The molecule has 0 amide bonds. The zero-order chi connectivity index (χ0) is 13.0. The van der Waals surface area contributed by atoms with Crippen LogP contribution in [0.25, 0.3) is 0 Å². The Morgan fingerprint density at radius 1 is 1.61 bits per heavy atom. The highest BCUT2D eigenvalue weighted by atomic mass is 16.5. The first-order chi connectivity index (χ1) is 8.65. The molecule has 0 radical (unpaired) electrons. The molecule has 1 fully saturated rings. The van der Waals surface area contributed by atoms with E-state index in [-0.39, 0.29) is 18.3 Å². The predicted molar refractivity (Wildman–Crippen MR) is 62.2 cm³/mol. The number of nitrogens with zero attached hydrogens (tertiary/aromatic N) is 2. The number of hydrogen-bond donors (Lipinski definition) is 1. The summed E-state index contributed by atoms with van der Waals surface area (Å²) < 4.78 is 10.5. The van der Waals surface area contributed by atoms with Crippen LogP contribution in [-0.4, -0.2) is 34.4 Å². The maximum atomic E-state index is 10.6. The van der Waals surface area contributed by atoms with Crippen molar-refractivity contribution in [2.75, 3.05) is 13.2 Å². The molecule has 2 rings (SSSR count). The third-order valence-electron chi connectivity index (χ3n) is 3.06. The summed E-state index contributed by atoms with van der Waals surface area (Å²) in [4.78, 5) is 14.9. The number of rotatable bonds is 5. The number of carboxylic acid groups (broad SMARTS) is 1. The zero-order valence-corrected chi connectivity index (χ0v) is 10.5. The third-order valence-corrected chi connectivity index (χ3v) is 3.06. The van der Waals surface area contributed by atoms with Gasteiger partial charge in [0.2, 0.25) is 5.89 Å². The number of carboxylic acids is 1. The van der Waals surface area contributed by atoms with Crippen LogP contribution >= 0.6 is 0 Å². The smallest absolute Gasteiger partial charge is 0.303 e. The minimum absolute atomic E-state index is 0.00148. The summed E-state index contributed by atoms with van der Waals surface area (Å²) in [6.07, 6.45) is 2.66. The molecule has 1 aromatic rings. The second-order valence-electron chi connectivity index (χ2n) is 4.87. The average molecular weight is 254 g/mol. The number of hydrogen-bond acceptors (Lipinski definition) is 5. The fraction of sp³-hybridized carbons (Fsp3) is 0.750. The van der Waals surface area contributed by atoms with Crippen molar-refractivity contribution in [3.05, 3.63) is 11.7 Å². The lowest BCUT2D eigenvalue weighted by molar-refractivity contribution is -0.137. The first-order valence-electron chi connectivity index (χ1n) is 6.27. The van der Waals surface area contributed by atoms with Gasteiger partial charge in [-0.1, -0.05) is 12.1 Å². The number of aromatic nitrogens is 2. The predicted octanol–water partition coefficient (Wildman–Crippen LogP) is 1.62. The standard InChI is InChI=1S/C12H18N2O4/c1-8(6-11(15)16)5-10-13-12(14-18-10)9-3-2-4-17-7-9/h8-9H,2-7H2,1H3,(H,15,16). The molecule has 2 heterocycles. The molecule has 100 valence electrons. The van der Waals surface area contributed by atoms with E-state index in [1.54, 1.807) is 0 Å². The van der Waals surface area contributed by atoms with Crippen LogP contribution < -0.4 is 0 Å². The van der Waals surface area contributed by atoms with Gasteiger partial charge >= 0.3 is 5.97 Å². The zero-order valence-electron chi connectivity index (χ0n) is 10.5. The van der Waals surface area contributed by atoms with E-state index in [0.29, 0.717) is 24.7 Å². The Balaban J connectivity index is 1.91. The molecule has 2 unspecified atom stereocenters. The number of aliphatic carboxylic acids is 1. The molecule has 1 aliphatic heterocycles. The fourth-order valence-corrected chi connectivity index (χ4v) is 2.13. The monoisotopic (exact) mass is 254 g/mol. The Hall–Kier alpha value is -1.43. The van der Waals surface area contributed by atoms with E-state index in [4.69, 9.17) is 14.4 Å². The van der Waals surface area contributed by atoms with E-state index < -0.39 is 5.97 Å². The van der Waals surface area contributed by atoms with Gasteiger partial charge in [0.1, 0.15) is 0 Å². The summed E-state index contributed by atoms with van der Waals surface area (Å²) in [7, 11) is 0. The van der Waals surface area contributed by atoms with Gasteiger partial charge < -0.3 is 14.4 Å². The lowest BCUT2D eigenvalue weighted by Crippen LogP contribution is -2.16. The van der Waals surface area contributed by atoms with Crippen molar-refractivity contribution in [1.29, 1.82) is 0 Å². The minimum atomic E-state index is -0.803. The SMILES string of the molecule is CC(CC(=O)O)Cc1nc(C2CCCOC2)no1. The van der Waals surface area contributed by atoms with Crippen molar-refractivity contribution in [2.45, 2.75) is 38.5 Å². The van der Waals surface area contributed by atoms with Crippen molar-refractivity contribution in [3.63, 3.8) is 0 Å². The molecule has 0 saturated carbocycles. The van der Waals surface area contributed by atoms with Crippen LogP contribution in [-0.2, 0) is 16.0 Å². The quantitative estimate of drug-likeness (QED) is 0.859. The summed E-state index contributed by atoms with van der Waals surface area (Å²) >= 11 is 0. The molecule has 1 saturated heterocycles. The largest absolute Gasteiger partial charge is 0.481 e. The average Bonchev–Trinajstić information content (AvgIpc) is 2.77. The number of ether oxygens (including phenoxy) is 1. The van der Waals surface area contributed by atoms with Gasteiger partial charge in [0, 0.05) is 25.4 Å². The van der Waals surface area contributed by atoms with Crippen LogP contribution in [0.3, 0.4) is 0 Å². The summed E-state index contributed by atoms with van der Waals surface area (Å²) in [5, 5.41) is 12.6. The Bertz CT molecular complexity index is 399. The van der Waals surface area contributed by atoms with Crippen molar-refractivity contribution in [2.24, 2.45) is 5.92 Å². The highest BCUT2D eigenvalue weighted by Gasteiger charge is 2.22. The molecule has 0 spiro atoms. The fourth-order valence-electron chi connectivity index (χ4n) is 2.13. The Morgan fingerprint density at radius 2 is 2.44 bits per heavy atom. The normalized spacial score (nSPS) is 21.7. The second-order valence-corrected chi connectivity index (χ2v) is 4.87. The van der Waals surface area contributed by atoms with Gasteiger partial charge in [-0.2, -0.15) is 4.98 Å². The molecule has 0 aromatic carbocycles. The molecule has 1 aromatic heterocycles. The van der Waals surface area contributed by atoms with E-state index in [1.165, 1.54) is 0 Å². The summed E-state index contributed by atoms with van der Waals surface area (Å²) in [6, 6.07) is 0. The number of carbonyl (C=O) groups is 1. The van der Waals surface area contributed by atoms with Gasteiger partial charge in [-0.25, -0.2) is 0 Å². The molecule has 2 atom stereocenters. The van der Waals surface area contributed by atoms with Gasteiger partial charge in [0.05, 0.1) is 6.61 Å². The maximum Gasteiger partial charge on any atom is 0.303 e. The Kier molecular flexibility index (Phi) is 4.30. The van der Waals surface area contributed by atoms with E-state index in [1.807, 2.05) is 6.92 Å². The van der Waals surface area contributed by atoms with Crippen LogP contribution in [0.15, 0.2) is 4.52 Å². The van der Waals surface area contributed by atoms with Gasteiger partial charge in [-0.05, 0) is 18.8 Å². The molecule has 6 heteroatoms. The molecule has 1 aliphatic rings. The third kappa shape index (κ3) is 3.53. The van der Waals surface area contributed by atoms with Gasteiger partial charge in [0.15, 0.2) is 5.82 Å². The van der Waals surface area contributed by atoms with E-state index in [0.717, 1.165) is 19.4 Å². The topological polar surface area (TPSA) is 85.5 Å². The molecular formula is C12H18N2O4. The van der Waals surface area contributed by atoms with Gasteiger partial charge in [-0.15, -0.1) is 0 Å². The van der Waals surface area contributed by atoms with E-state index in [2.05, 4.69) is 10.1 Å². The Labute approximate surface area is 105 Å². The Morgan fingerprint density at radius 3 is 3.11 bits per heavy atom. The molecule has 0 bridgehead atoms. The lowest BCUT2D eigenvalue weighted by atomic mass is 10.0. The summed E-state index contributed by atoms with van der Waals surface area (Å²) in [5.74, 6) is 0.615. The lowest BCUT2D eigenvalue weighted by Gasteiger charge is -2.18. The highest BCUT2D eigenvalue weighted by Crippen LogP contribution is 2.23.